The maximum Gasteiger partial charge on any atom is 0.227 e. The van der Waals surface area contributed by atoms with Crippen LogP contribution in [0.4, 0.5) is 11.8 Å². The molecule has 3 heterocycles. The molecule has 1 aromatic heterocycles. The number of nitriles is 1. The quantitative estimate of drug-likeness (QED) is 0.660. The van der Waals surface area contributed by atoms with Gasteiger partial charge in [-0.05, 0) is 62.3 Å². The Kier molecular flexibility index (Phi) is 7.14. The van der Waals surface area contributed by atoms with Gasteiger partial charge in [-0.25, -0.2) is 4.98 Å². The second-order valence-corrected chi connectivity index (χ2v) is 9.43. The monoisotopic (exact) mass is 454 g/mol. The number of nitrogens with zero attached hydrogens (tertiary/aromatic N) is 5. The van der Waals surface area contributed by atoms with Gasteiger partial charge in [0.2, 0.25) is 5.95 Å². The molecule has 2 aliphatic heterocycles. The molecule has 0 amide bonds. The SMILES string of the molecule is Cc1ccc(C(C)Nc2nc(N3CC(C4CCCN(CCO)C4)C3)ncc2C#N)c(Cl)c1. The second-order valence-electron chi connectivity index (χ2n) is 9.03. The summed E-state index contributed by atoms with van der Waals surface area (Å²) < 4.78 is 0. The molecule has 2 aromatic rings. The number of β-amino-alcohol motifs (C(OH)–C–C–N with tert-alkyl or cyclic N) is 1. The van der Waals surface area contributed by atoms with E-state index in [0.717, 1.165) is 43.9 Å². The van der Waals surface area contributed by atoms with Crippen LogP contribution >= 0.6 is 11.6 Å². The lowest BCUT2D eigenvalue weighted by atomic mass is 9.81. The molecule has 8 heteroatoms. The molecule has 0 spiro atoms. The molecule has 0 bridgehead atoms. The summed E-state index contributed by atoms with van der Waals surface area (Å²) in [6.07, 6.45) is 4.05. The Morgan fingerprint density at radius 3 is 2.84 bits per heavy atom. The highest BCUT2D eigenvalue weighted by Gasteiger charge is 2.37. The van der Waals surface area contributed by atoms with E-state index < -0.39 is 0 Å². The number of halogens is 1. The standard InChI is InChI=1S/C24H31ClN6O/c1-16-5-6-21(22(25)10-16)17(2)28-23-19(11-26)12-27-24(29-23)31-14-20(15-31)18-4-3-7-30(13-18)8-9-32/h5-6,10,12,17-18,20,32H,3-4,7-9,13-15H2,1-2H3,(H,27,28,29). The Morgan fingerprint density at radius 2 is 2.12 bits per heavy atom. The number of nitrogens with one attached hydrogen (secondary N) is 1. The molecule has 2 saturated heterocycles. The molecule has 2 fully saturated rings. The Morgan fingerprint density at radius 1 is 1.31 bits per heavy atom. The van der Waals surface area contributed by atoms with Crippen molar-refractivity contribution in [2.24, 2.45) is 11.8 Å². The summed E-state index contributed by atoms with van der Waals surface area (Å²) in [5.41, 5.74) is 2.50. The van der Waals surface area contributed by atoms with Crippen LogP contribution in [0.15, 0.2) is 24.4 Å². The molecule has 0 aliphatic carbocycles. The van der Waals surface area contributed by atoms with Crippen molar-refractivity contribution in [2.45, 2.75) is 32.7 Å². The fourth-order valence-electron chi connectivity index (χ4n) is 4.78. The highest BCUT2D eigenvalue weighted by atomic mass is 35.5. The summed E-state index contributed by atoms with van der Waals surface area (Å²) in [7, 11) is 0. The fourth-order valence-corrected chi connectivity index (χ4v) is 5.18. The van der Waals surface area contributed by atoms with Crippen LogP contribution in [0.25, 0.3) is 0 Å². The number of aromatic nitrogens is 2. The van der Waals surface area contributed by atoms with E-state index in [0.29, 0.717) is 34.2 Å². The third-order valence-electron chi connectivity index (χ3n) is 6.69. The molecule has 7 nitrogen and oxygen atoms in total. The lowest BCUT2D eigenvalue weighted by Crippen LogP contribution is -2.54. The maximum absolute atomic E-state index is 9.54. The van der Waals surface area contributed by atoms with Crippen LogP contribution in [-0.2, 0) is 0 Å². The molecule has 1 aromatic carbocycles. The number of piperidine rings is 1. The van der Waals surface area contributed by atoms with E-state index in [1.54, 1.807) is 6.20 Å². The van der Waals surface area contributed by atoms with Gasteiger partial charge in [0.15, 0.2) is 0 Å². The van der Waals surface area contributed by atoms with Crippen LogP contribution in [0, 0.1) is 30.1 Å². The van der Waals surface area contributed by atoms with E-state index in [-0.39, 0.29) is 12.6 Å². The van der Waals surface area contributed by atoms with Gasteiger partial charge in [0, 0.05) is 31.2 Å². The molecule has 2 unspecified atom stereocenters. The van der Waals surface area contributed by atoms with Crippen molar-refractivity contribution in [1.29, 1.82) is 5.26 Å². The Balaban J connectivity index is 1.42. The molecular formula is C24H31ClN6O. The lowest BCUT2D eigenvalue weighted by Gasteiger charge is -2.46. The number of anilines is 2. The first-order chi connectivity index (χ1) is 15.5. The van der Waals surface area contributed by atoms with Crippen molar-refractivity contribution in [1.82, 2.24) is 14.9 Å². The number of aliphatic hydroxyl groups is 1. The molecular weight excluding hydrogens is 424 g/mol. The summed E-state index contributed by atoms with van der Waals surface area (Å²) in [5, 5.41) is 22.8. The normalized spacial score (nSPS) is 20.5. The highest BCUT2D eigenvalue weighted by Crippen LogP contribution is 2.34. The number of benzene rings is 1. The van der Waals surface area contributed by atoms with Gasteiger partial charge in [-0.3, -0.25) is 0 Å². The van der Waals surface area contributed by atoms with E-state index in [2.05, 4.69) is 26.2 Å². The minimum absolute atomic E-state index is 0.0955. The number of hydrogen-bond donors (Lipinski definition) is 2. The maximum atomic E-state index is 9.54. The third kappa shape index (κ3) is 4.98. The molecule has 2 atom stereocenters. The van der Waals surface area contributed by atoms with Gasteiger partial charge in [0.25, 0.3) is 0 Å². The zero-order chi connectivity index (χ0) is 22.7. The van der Waals surface area contributed by atoms with Gasteiger partial charge in [-0.15, -0.1) is 0 Å². The minimum atomic E-state index is -0.0955. The van der Waals surface area contributed by atoms with Crippen LogP contribution in [0.3, 0.4) is 0 Å². The summed E-state index contributed by atoms with van der Waals surface area (Å²) in [6.45, 7) is 9.04. The van der Waals surface area contributed by atoms with E-state index >= 15 is 0 Å². The predicted octanol–water partition coefficient (Wildman–Crippen LogP) is 3.62. The average Bonchev–Trinajstić information content (AvgIpc) is 2.73. The Hall–Kier alpha value is -2.40. The van der Waals surface area contributed by atoms with Gasteiger partial charge in [-0.1, -0.05) is 23.7 Å². The van der Waals surface area contributed by atoms with E-state index in [4.69, 9.17) is 16.6 Å². The average molecular weight is 455 g/mol. The van der Waals surface area contributed by atoms with Crippen molar-refractivity contribution in [3.05, 3.63) is 46.1 Å². The minimum Gasteiger partial charge on any atom is -0.395 e. The van der Waals surface area contributed by atoms with Crippen LogP contribution in [0.1, 0.15) is 42.5 Å². The van der Waals surface area contributed by atoms with Crippen molar-refractivity contribution in [3.63, 3.8) is 0 Å². The smallest absolute Gasteiger partial charge is 0.227 e. The van der Waals surface area contributed by atoms with Gasteiger partial charge in [0.05, 0.1) is 18.8 Å². The van der Waals surface area contributed by atoms with Crippen molar-refractivity contribution >= 4 is 23.4 Å². The number of likely N-dealkylation sites (tertiary alicyclic amines) is 1. The molecule has 0 radical (unpaired) electrons. The topological polar surface area (TPSA) is 88.3 Å². The Labute approximate surface area is 195 Å². The highest BCUT2D eigenvalue weighted by molar-refractivity contribution is 6.31. The number of rotatable bonds is 7. The van der Waals surface area contributed by atoms with Crippen LogP contribution < -0.4 is 10.2 Å². The molecule has 2 N–H and O–H groups in total. The molecule has 4 rings (SSSR count). The summed E-state index contributed by atoms with van der Waals surface area (Å²) >= 11 is 6.43. The van der Waals surface area contributed by atoms with Gasteiger partial charge in [0.1, 0.15) is 17.5 Å². The van der Waals surface area contributed by atoms with Crippen LogP contribution in [-0.4, -0.2) is 59.3 Å². The number of aryl methyl sites for hydroxylation is 1. The van der Waals surface area contributed by atoms with E-state index in [1.165, 1.54) is 12.8 Å². The fraction of sp³-hybridized carbons (Fsp3) is 0.542. The van der Waals surface area contributed by atoms with E-state index in [1.807, 2.05) is 32.0 Å². The van der Waals surface area contributed by atoms with Crippen molar-refractivity contribution in [2.75, 3.05) is 49.5 Å². The Bertz CT molecular complexity index is 985. The first-order valence-corrected chi connectivity index (χ1v) is 11.7. The first-order valence-electron chi connectivity index (χ1n) is 11.4. The number of hydrogen-bond acceptors (Lipinski definition) is 7. The van der Waals surface area contributed by atoms with Crippen molar-refractivity contribution < 1.29 is 5.11 Å². The molecule has 0 saturated carbocycles. The summed E-state index contributed by atoms with van der Waals surface area (Å²) in [4.78, 5) is 13.7. The largest absolute Gasteiger partial charge is 0.395 e. The van der Waals surface area contributed by atoms with E-state index in [9.17, 15) is 10.4 Å². The first kappa shape index (κ1) is 22.8. The molecule has 170 valence electrons. The zero-order valence-electron chi connectivity index (χ0n) is 18.8. The third-order valence-corrected chi connectivity index (χ3v) is 7.02. The van der Waals surface area contributed by atoms with Crippen LogP contribution in [0.2, 0.25) is 5.02 Å². The second kappa shape index (κ2) is 10.0. The number of aliphatic hydroxyl groups excluding tert-OH is 1. The van der Waals surface area contributed by atoms with Gasteiger partial charge in [-0.2, -0.15) is 10.2 Å². The molecule has 32 heavy (non-hydrogen) atoms. The predicted molar refractivity (Wildman–Crippen MR) is 127 cm³/mol. The zero-order valence-corrected chi connectivity index (χ0v) is 19.5. The van der Waals surface area contributed by atoms with Crippen molar-refractivity contribution in [3.8, 4) is 6.07 Å². The molecule has 2 aliphatic rings. The summed E-state index contributed by atoms with van der Waals surface area (Å²) in [6, 6.07) is 8.08. The van der Waals surface area contributed by atoms with Gasteiger partial charge >= 0.3 is 0 Å². The lowest BCUT2D eigenvalue weighted by molar-refractivity contribution is 0.101. The summed E-state index contributed by atoms with van der Waals surface area (Å²) in [5.74, 6) is 2.48. The van der Waals surface area contributed by atoms with Crippen LogP contribution in [0.5, 0.6) is 0 Å². The van der Waals surface area contributed by atoms with Gasteiger partial charge < -0.3 is 20.2 Å².